The summed E-state index contributed by atoms with van der Waals surface area (Å²) >= 11 is 0. The van der Waals surface area contributed by atoms with E-state index in [2.05, 4.69) is 15.3 Å². The Labute approximate surface area is 110 Å². The molecule has 1 heterocycles. The van der Waals surface area contributed by atoms with Gasteiger partial charge in [0.15, 0.2) is 5.82 Å². The first-order chi connectivity index (χ1) is 9.13. The number of aromatic nitrogens is 2. The molecule has 0 fully saturated rings. The highest BCUT2D eigenvalue weighted by atomic mass is 19.3. The van der Waals surface area contributed by atoms with Crippen LogP contribution in [0, 0.1) is 0 Å². The molecule has 0 spiro atoms. The Morgan fingerprint density at radius 1 is 1.16 bits per heavy atom. The van der Waals surface area contributed by atoms with E-state index in [4.69, 9.17) is 0 Å². The van der Waals surface area contributed by atoms with Crippen LogP contribution in [0.1, 0.15) is 24.6 Å². The first kappa shape index (κ1) is 13.4. The fraction of sp³-hybridized carbons (Fsp3) is 0.286. The van der Waals surface area contributed by atoms with Gasteiger partial charge in [-0.25, -0.2) is 18.7 Å². The second kappa shape index (κ2) is 5.73. The van der Waals surface area contributed by atoms with Gasteiger partial charge in [0, 0.05) is 29.9 Å². The molecule has 1 aromatic heterocycles. The maximum Gasteiger partial charge on any atom is 0.263 e. The third kappa shape index (κ3) is 3.05. The van der Waals surface area contributed by atoms with Gasteiger partial charge >= 0.3 is 0 Å². The van der Waals surface area contributed by atoms with E-state index in [0.717, 1.165) is 23.5 Å². The number of halogens is 2. The fourth-order valence-corrected chi connectivity index (χ4v) is 1.71. The number of aryl methyl sites for hydroxylation is 1. The summed E-state index contributed by atoms with van der Waals surface area (Å²) in [6, 6.07) is 7.92. The van der Waals surface area contributed by atoms with Crippen molar-refractivity contribution in [2.24, 2.45) is 0 Å². The van der Waals surface area contributed by atoms with Crippen LogP contribution in [0.25, 0.3) is 11.4 Å². The molecule has 3 nitrogen and oxygen atoms in total. The van der Waals surface area contributed by atoms with E-state index in [1.165, 1.54) is 12.1 Å². The standard InChI is InChI=1S/C14H15F2N3/c1-3-11-8-12(17-2)19-14(18-11)10-6-4-9(5-7-10)13(15)16/h4-8,13H,3H2,1-2H3,(H,17,18,19). The van der Waals surface area contributed by atoms with Crippen molar-refractivity contribution in [3.8, 4) is 11.4 Å². The SMILES string of the molecule is CCc1cc(NC)nc(-c2ccc(C(F)F)cc2)n1. The first-order valence-corrected chi connectivity index (χ1v) is 6.08. The molecule has 0 atom stereocenters. The summed E-state index contributed by atoms with van der Waals surface area (Å²) in [7, 11) is 1.78. The third-order valence-corrected chi connectivity index (χ3v) is 2.82. The molecular formula is C14H15F2N3. The summed E-state index contributed by atoms with van der Waals surface area (Å²) in [6.07, 6.45) is -1.66. The van der Waals surface area contributed by atoms with Crippen molar-refractivity contribution in [2.75, 3.05) is 12.4 Å². The molecule has 0 saturated heterocycles. The van der Waals surface area contributed by atoms with E-state index >= 15 is 0 Å². The van der Waals surface area contributed by atoms with Crippen LogP contribution in [0.2, 0.25) is 0 Å². The summed E-state index contributed by atoms with van der Waals surface area (Å²) in [6.45, 7) is 2.01. The first-order valence-electron chi connectivity index (χ1n) is 6.08. The molecule has 0 aliphatic carbocycles. The van der Waals surface area contributed by atoms with Gasteiger partial charge in [0.2, 0.25) is 0 Å². The number of benzene rings is 1. The van der Waals surface area contributed by atoms with Crippen molar-refractivity contribution < 1.29 is 8.78 Å². The maximum absolute atomic E-state index is 12.5. The number of rotatable bonds is 4. The predicted octanol–water partition coefficient (Wildman–Crippen LogP) is 3.69. The molecule has 0 aliphatic heterocycles. The van der Waals surface area contributed by atoms with Crippen LogP contribution in [-0.4, -0.2) is 17.0 Å². The van der Waals surface area contributed by atoms with Crippen molar-refractivity contribution in [1.82, 2.24) is 9.97 Å². The molecular weight excluding hydrogens is 248 g/mol. The van der Waals surface area contributed by atoms with Crippen LogP contribution in [0.4, 0.5) is 14.6 Å². The van der Waals surface area contributed by atoms with Crippen molar-refractivity contribution in [3.63, 3.8) is 0 Å². The number of hydrogen-bond acceptors (Lipinski definition) is 3. The second-order valence-electron chi connectivity index (χ2n) is 4.09. The molecule has 0 amide bonds. The lowest BCUT2D eigenvalue weighted by atomic mass is 10.1. The monoisotopic (exact) mass is 263 g/mol. The summed E-state index contributed by atoms with van der Waals surface area (Å²) in [5, 5.41) is 2.97. The average Bonchev–Trinajstić information content (AvgIpc) is 2.46. The van der Waals surface area contributed by atoms with Crippen LogP contribution < -0.4 is 5.32 Å². The van der Waals surface area contributed by atoms with Crippen LogP contribution in [0.15, 0.2) is 30.3 Å². The summed E-state index contributed by atoms with van der Waals surface area (Å²) in [4.78, 5) is 8.74. The summed E-state index contributed by atoms with van der Waals surface area (Å²) < 4.78 is 25.0. The lowest BCUT2D eigenvalue weighted by Gasteiger charge is -2.07. The zero-order valence-electron chi connectivity index (χ0n) is 10.8. The summed E-state index contributed by atoms with van der Waals surface area (Å²) in [5.74, 6) is 1.27. The Bertz CT molecular complexity index is 531. The van der Waals surface area contributed by atoms with E-state index in [-0.39, 0.29) is 5.56 Å². The topological polar surface area (TPSA) is 37.8 Å². The lowest BCUT2D eigenvalue weighted by Crippen LogP contribution is -2.00. The predicted molar refractivity (Wildman–Crippen MR) is 71.3 cm³/mol. The second-order valence-corrected chi connectivity index (χ2v) is 4.09. The third-order valence-electron chi connectivity index (χ3n) is 2.82. The Morgan fingerprint density at radius 3 is 2.37 bits per heavy atom. The molecule has 0 saturated carbocycles. The van der Waals surface area contributed by atoms with Crippen LogP contribution >= 0.6 is 0 Å². The highest BCUT2D eigenvalue weighted by molar-refractivity contribution is 5.58. The molecule has 100 valence electrons. The van der Waals surface area contributed by atoms with Gasteiger partial charge in [-0.2, -0.15) is 0 Å². The van der Waals surface area contributed by atoms with Gasteiger partial charge in [0.1, 0.15) is 5.82 Å². The van der Waals surface area contributed by atoms with Gasteiger partial charge in [0.05, 0.1) is 0 Å². The quantitative estimate of drug-likeness (QED) is 0.914. The van der Waals surface area contributed by atoms with Gasteiger partial charge in [-0.15, -0.1) is 0 Å². The van der Waals surface area contributed by atoms with Crippen LogP contribution in [0.3, 0.4) is 0 Å². The maximum atomic E-state index is 12.5. The smallest absolute Gasteiger partial charge is 0.263 e. The molecule has 2 rings (SSSR count). The van der Waals surface area contributed by atoms with Gasteiger partial charge in [-0.3, -0.25) is 0 Å². The fourth-order valence-electron chi connectivity index (χ4n) is 1.71. The number of hydrogen-bond donors (Lipinski definition) is 1. The van der Waals surface area contributed by atoms with E-state index in [9.17, 15) is 8.78 Å². The minimum Gasteiger partial charge on any atom is -0.373 e. The molecule has 0 aliphatic rings. The largest absolute Gasteiger partial charge is 0.373 e. The number of nitrogens with zero attached hydrogens (tertiary/aromatic N) is 2. The molecule has 0 unspecified atom stereocenters. The van der Waals surface area contributed by atoms with Crippen LogP contribution in [0.5, 0.6) is 0 Å². The normalized spacial score (nSPS) is 10.8. The van der Waals surface area contributed by atoms with Crippen molar-refractivity contribution >= 4 is 5.82 Å². The van der Waals surface area contributed by atoms with Gasteiger partial charge in [-0.05, 0) is 6.42 Å². The van der Waals surface area contributed by atoms with Gasteiger partial charge < -0.3 is 5.32 Å². The molecule has 0 bridgehead atoms. The Balaban J connectivity index is 2.40. The summed E-state index contributed by atoms with van der Waals surface area (Å²) in [5.41, 5.74) is 1.65. The van der Waals surface area contributed by atoms with E-state index < -0.39 is 6.43 Å². The number of alkyl halides is 2. The van der Waals surface area contributed by atoms with Gasteiger partial charge in [0.25, 0.3) is 6.43 Å². The highest BCUT2D eigenvalue weighted by Gasteiger charge is 2.09. The van der Waals surface area contributed by atoms with E-state index in [1.807, 2.05) is 13.0 Å². The Morgan fingerprint density at radius 2 is 1.84 bits per heavy atom. The minimum atomic E-state index is -2.45. The minimum absolute atomic E-state index is 0.00392. The zero-order valence-corrected chi connectivity index (χ0v) is 10.8. The lowest BCUT2D eigenvalue weighted by molar-refractivity contribution is 0.151. The zero-order chi connectivity index (χ0) is 13.8. The molecule has 19 heavy (non-hydrogen) atoms. The van der Waals surface area contributed by atoms with Crippen molar-refractivity contribution in [2.45, 2.75) is 19.8 Å². The van der Waals surface area contributed by atoms with Crippen LogP contribution in [-0.2, 0) is 6.42 Å². The Kier molecular flexibility index (Phi) is 4.04. The van der Waals surface area contributed by atoms with E-state index in [1.54, 1.807) is 19.2 Å². The molecule has 1 aromatic carbocycles. The molecule has 0 radical (unpaired) electrons. The molecule has 2 aromatic rings. The molecule has 1 N–H and O–H groups in total. The van der Waals surface area contributed by atoms with Crippen molar-refractivity contribution in [3.05, 3.63) is 41.6 Å². The average molecular weight is 263 g/mol. The van der Waals surface area contributed by atoms with Crippen molar-refractivity contribution in [1.29, 1.82) is 0 Å². The highest BCUT2D eigenvalue weighted by Crippen LogP contribution is 2.23. The molecule has 5 heteroatoms. The Hall–Kier alpha value is -2.04. The number of anilines is 1. The van der Waals surface area contributed by atoms with E-state index in [0.29, 0.717) is 5.82 Å². The van der Waals surface area contributed by atoms with Gasteiger partial charge in [-0.1, -0.05) is 31.2 Å². The number of nitrogens with one attached hydrogen (secondary N) is 1.